The molecule has 0 bridgehead atoms. The van der Waals surface area contributed by atoms with Gasteiger partial charge in [0.2, 0.25) is 5.83 Å². The van der Waals surface area contributed by atoms with E-state index in [1.165, 1.54) is 22.7 Å². The number of rotatable bonds is 12. The fraction of sp³-hybridized carbons (Fsp3) is 0.467. The van der Waals surface area contributed by atoms with Crippen molar-refractivity contribution in [2.24, 2.45) is 5.41 Å². The van der Waals surface area contributed by atoms with Crippen LogP contribution in [0.5, 0.6) is 5.75 Å². The van der Waals surface area contributed by atoms with Crippen LogP contribution >= 0.6 is 11.8 Å². The van der Waals surface area contributed by atoms with E-state index in [2.05, 4.69) is 13.8 Å². The first-order chi connectivity index (χ1) is 19.4. The Labute approximate surface area is 246 Å². The number of fused-ring (bicyclic) bond motifs is 1. The lowest BCUT2D eigenvalue weighted by Gasteiger charge is -2.37. The summed E-state index contributed by atoms with van der Waals surface area (Å²) in [5.41, 5.74) is 1.20. The molecule has 1 N–H and O–H groups in total. The topological polar surface area (TPSA) is 104 Å². The van der Waals surface area contributed by atoms with Gasteiger partial charge in [-0.15, -0.1) is 11.8 Å². The normalized spacial score (nSPS) is 16.0. The summed E-state index contributed by atoms with van der Waals surface area (Å²) in [6, 6.07) is 10.2. The number of carboxylic acids is 1. The van der Waals surface area contributed by atoms with Crippen LogP contribution in [0.3, 0.4) is 0 Å². The average molecular weight is 607 g/mol. The lowest BCUT2D eigenvalue weighted by Crippen LogP contribution is -2.38. The van der Waals surface area contributed by atoms with E-state index in [0.29, 0.717) is 29.0 Å². The minimum Gasteiger partial charge on any atom is -0.476 e. The molecular weight excluding hydrogens is 567 g/mol. The maximum absolute atomic E-state index is 14.1. The standard InChI is InChI=1S/C30H39FN2O6S2/c1-6-8-14-30(15-9-7-2)19-33(22-12-10-21(11-13-22)28(34)32(3)4)24-16-26(40-5)25(39-18-23(31)29(35)36)17-27(24)41(37,38)20-30/h10-13,16-18H,6-9,14-15,19-20H2,1-5H3,(H,35,36). The first-order valence-corrected chi connectivity index (χ1v) is 16.6. The molecule has 0 spiro atoms. The quantitative estimate of drug-likeness (QED) is 0.162. The molecule has 0 radical (unpaired) electrons. The second-order valence-electron chi connectivity index (χ2n) is 10.7. The van der Waals surface area contributed by atoms with Crippen molar-refractivity contribution in [2.75, 3.05) is 37.5 Å². The number of carboxylic acid groups (broad SMARTS) is 1. The number of amides is 1. The van der Waals surface area contributed by atoms with E-state index in [4.69, 9.17) is 9.84 Å². The summed E-state index contributed by atoms with van der Waals surface area (Å²) in [6.45, 7) is 4.63. The zero-order chi connectivity index (χ0) is 30.4. The highest BCUT2D eigenvalue weighted by Gasteiger charge is 2.42. The predicted octanol–water partition coefficient (Wildman–Crippen LogP) is 6.68. The number of hydrogen-bond acceptors (Lipinski definition) is 7. The van der Waals surface area contributed by atoms with Crippen molar-refractivity contribution in [3.8, 4) is 5.75 Å². The largest absolute Gasteiger partial charge is 0.476 e. The van der Waals surface area contributed by atoms with Crippen LogP contribution in [0.25, 0.3) is 0 Å². The summed E-state index contributed by atoms with van der Waals surface area (Å²) in [5, 5.41) is 8.89. The van der Waals surface area contributed by atoms with Crippen molar-refractivity contribution in [1.82, 2.24) is 4.90 Å². The molecule has 1 aliphatic rings. The Hall–Kier alpha value is -3.05. The summed E-state index contributed by atoms with van der Waals surface area (Å²) < 4.78 is 47.3. The lowest BCUT2D eigenvalue weighted by molar-refractivity contribution is -0.134. The Morgan fingerprint density at radius 1 is 1.12 bits per heavy atom. The number of hydrogen-bond donors (Lipinski definition) is 1. The summed E-state index contributed by atoms with van der Waals surface area (Å²) >= 11 is 1.27. The van der Waals surface area contributed by atoms with Gasteiger partial charge in [0.05, 0.1) is 21.2 Å². The Bertz CT molecular complexity index is 1380. The Morgan fingerprint density at radius 2 is 1.73 bits per heavy atom. The van der Waals surface area contributed by atoms with Crippen molar-refractivity contribution in [3.05, 3.63) is 54.1 Å². The van der Waals surface area contributed by atoms with Gasteiger partial charge >= 0.3 is 5.97 Å². The van der Waals surface area contributed by atoms with Crippen molar-refractivity contribution < 1.29 is 32.2 Å². The number of benzene rings is 2. The molecule has 1 heterocycles. The zero-order valence-electron chi connectivity index (χ0n) is 24.3. The molecule has 8 nitrogen and oxygen atoms in total. The van der Waals surface area contributed by atoms with Crippen LogP contribution in [-0.4, -0.2) is 62.9 Å². The van der Waals surface area contributed by atoms with Gasteiger partial charge in [0.15, 0.2) is 9.84 Å². The molecule has 1 aliphatic heterocycles. The van der Waals surface area contributed by atoms with Crippen LogP contribution in [0, 0.1) is 5.41 Å². The van der Waals surface area contributed by atoms with Gasteiger partial charge in [0.25, 0.3) is 5.91 Å². The number of ether oxygens (including phenoxy) is 1. The SMILES string of the molecule is CCCCC1(CCCC)CN(c2ccc(C(=O)N(C)C)cc2)c2cc(SC)c(OC=C(F)C(=O)O)cc2S(=O)(=O)C1. The molecule has 224 valence electrons. The number of thioether (sulfide) groups is 1. The summed E-state index contributed by atoms with van der Waals surface area (Å²) in [5.74, 6) is -3.42. The van der Waals surface area contributed by atoms with Crippen LogP contribution in [0.1, 0.15) is 62.7 Å². The summed E-state index contributed by atoms with van der Waals surface area (Å²) in [6.07, 6.45) is 7.32. The number of halogens is 1. The third kappa shape index (κ3) is 7.62. The number of carbonyl (C=O) groups is 2. The van der Waals surface area contributed by atoms with Crippen LogP contribution in [0.15, 0.2) is 58.3 Å². The first kappa shape index (κ1) is 32.5. The highest BCUT2D eigenvalue weighted by molar-refractivity contribution is 7.98. The van der Waals surface area contributed by atoms with E-state index in [1.54, 1.807) is 38.6 Å². The molecule has 0 aromatic heterocycles. The zero-order valence-corrected chi connectivity index (χ0v) is 25.9. The number of unbranched alkanes of at least 4 members (excludes halogenated alkanes) is 2. The first-order valence-electron chi connectivity index (χ1n) is 13.7. The fourth-order valence-electron chi connectivity index (χ4n) is 5.16. The molecule has 3 rings (SSSR count). The number of sulfone groups is 1. The molecule has 0 aliphatic carbocycles. The minimum atomic E-state index is -3.85. The highest BCUT2D eigenvalue weighted by Crippen LogP contribution is 2.48. The van der Waals surface area contributed by atoms with Crippen LogP contribution < -0.4 is 9.64 Å². The Balaban J connectivity index is 2.26. The minimum absolute atomic E-state index is 0.0396. The maximum Gasteiger partial charge on any atom is 0.368 e. The van der Waals surface area contributed by atoms with Crippen molar-refractivity contribution in [1.29, 1.82) is 0 Å². The predicted molar refractivity (Wildman–Crippen MR) is 161 cm³/mol. The molecular formula is C30H39FN2O6S2. The molecule has 0 atom stereocenters. The second-order valence-corrected chi connectivity index (χ2v) is 13.5. The van der Waals surface area contributed by atoms with Gasteiger partial charge in [0.1, 0.15) is 12.0 Å². The van der Waals surface area contributed by atoms with E-state index >= 15 is 0 Å². The van der Waals surface area contributed by atoms with Crippen molar-refractivity contribution in [2.45, 2.75) is 62.2 Å². The molecule has 11 heteroatoms. The van der Waals surface area contributed by atoms with Crippen molar-refractivity contribution in [3.63, 3.8) is 0 Å². The average Bonchev–Trinajstić information content (AvgIpc) is 3.04. The monoisotopic (exact) mass is 606 g/mol. The number of carbonyl (C=O) groups excluding carboxylic acids is 1. The molecule has 0 saturated heterocycles. The van der Waals surface area contributed by atoms with E-state index in [1.807, 2.05) is 17.0 Å². The van der Waals surface area contributed by atoms with Crippen LogP contribution in [0.2, 0.25) is 0 Å². The van der Waals surface area contributed by atoms with Gasteiger partial charge in [-0.25, -0.2) is 13.2 Å². The van der Waals surface area contributed by atoms with Gasteiger partial charge in [0, 0.05) is 43.4 Å². The van der Waals surface area contributed by atoms with E-state index in [9.17, 15) is 22.4 Å². The van der Waals surface area contributed by atoms with Gasteiger partial charge in [-0.05, 0) is 49.4 Å². The van der Waals surface area contributed by atoms with Gasteiger partial charge in [-0.3, -0.25) is 4.79 Å². The molecule has 2 aromatic carbocycles. The molecule has 0 saturated carbocycles. The van der Waals surface area contributed by atoms with E-state index < -0.39 is 27.0 Å². The highest BCUT2D eigenvalue weighted by atomic mass is 32.2. The van der Waals surface area contributed by atoms with Gasteiger partial charge in [-0.1, -0.05) is 39.5 Å². The summed E-state index contributed by atoms with van der Waals surface area (Å²) in [4.78, 5) is 27.5. The molecule has 2 aromatic rings. The van der Waals surface area contributed by atoms with Gasteiger partial charge in [-0.2, -0.15) is 4.39 Å². The number of aliphatic carboxylic acids is 1. The molecule has 0 fully saturated rings. The van der Waals surface area contributed by atoms with Crippen LogP contribution in [0.4, 0.5) is 15.8 Å². The van der Waals surface area contributed by atoms with E-state index in [0.717, 1.165) is 44.2 Å². The Kier molecular flexibility index (Phi) is 10.9. The van der Waals surface area contributed by atoms with Crippen molar-refractivity contribution >= 4 is 44.9 Å². The number of nitrogens with zero attached hydrogens (tertiary/aromatic N) is 2. The Morgan fingerprint density at radius 3 is 2.24 bits per heavy atom. The summed E-state index contributed by atoms with van der Waals surface area (Å²) in [7, 11) is -0.478. The second kappa shape index (κ2) is 13.7. The van der Waals surface area contributed by atoms with E-state index in [-0.39, 0.29) is 22.3 Å². The molecule has 41 heavy (non-hydrogen) atoms. The van der Waals surface area contributed by atoms with Gasteiger partial charge < -0.3 is 19.6 Å². The molecule has 0 unspecified atom stereocenters. The lowest BCUT2D eigenvalue weighted by atomic mass is 9.79. The van der Waals surface area contributed by atoms with Crippen LogP contribution in [-0.2, 0) is 14.6 Å². The third-order valence-electron chi connectivity index (χ3n) is 7.31. The fourth-order valence-corrected chi connectivity index (χ4v) is 7.81. The number of anilines is 2. The smallest absolute Gasteiger partial charge is 0.368 e. The third-order valence-corrected chi connectivity index (χ3v) is 10.1. The maximum atomic E-state index is 14.1. The molecule has 1 amide bonds.